The first-order chi connectivity index (χ1) is 7.18. The highest BCUT2D eigenvalue weighted by Gasteiger charge is 2.25. The highest BCUT2D eigenvalue weighted by molar-refractivity contribution is 5.83. The molecule has 0 aliphatic carbocycles. The van der Waals surface area contributed by atoms with Gasteiger partial charge in [0.1, 0.15) is 17.7 Å². The highest BCUT2D eigenvalue weighted by atomic mass is 19.1. The van der Waals surface area contributed by atoms with Crippen LogP contribution in [0.1, 0.15) is 11.6 Å². The number of carbonyl (C=O) groups is 1. The maximum absolute atomic E-state index is 13.3. The van der Waals surface area contributed by atoms with E-state index in [1.54, 1.807) is 0 Å². The van der Waals surface area contributed by atoms with Crippen LogP contribution in [0.4, 0.5) is 8.78 Å². The van der Waals surface area contributed by atoms with Gasteiger partial charge in [-0.3, -0.25) is 4.79 Å². The largest absolute Gasteiger partial charge is 0.353 e. The van der Waals surface area contributed by atoms with Gasteiger partial charge in [-0.1, -0.05) is 6.07 Å². The Morgan fingerprint density at radius 3 is 2.73 bits per heavy atom. The number of halogens is 2. The van der Waals surface area contributed by atoms with Gasteiger partial charge >= 0.3 is 0 Å². The Hall–Kier alpha value is -1.49. The Morgan fingerprint density at radius 1 is 1.27 bits per heavy atom. The van der Waals surface area contributed by atoms with Crippen LogP contribution in [0, 0.1) is 11.6 Å². The molecule has 5 heteroatoms. The summed E-state index contributed by atoms with van der Waals surface area (Å²) < 4.78 is 26.0. The van der Waals surface area contributed by atoms with E-state index in [1.165, 1.54) is 6.07 Å². The quantitative estimate of drug-likeness (QED) is 0.720. The summed E-state index contributed by atoms with van der Waals surface area (Å²) in [5.41, 5.74) is 0.175. The molecule has 1 fully saturated rings. The molecular formula is C10H10F2N2O. The molecule has 2 rings (SSSR count). The lowest BCUT2D eigenvalue weighted by molar-refractivity contribution is -0.124. The fraction of sp³-hybridized carbons (Fsp3) is 0.300. The molecule has 1 saturated heterocycles. The molecule has 0 bridgehead atoms. The number of benzene rings is 1. The van der Waals surface area contributed by atoms with Crippen LogP contribution < -0.4 is 10.6 Å². The lowest BCUT2D eigenvalue weighted by Crippen LogP contribution is -2.47. The predicted octanol–water partition coefficient (Wildman–Crippen LogP) is 0.725. The second kappa shape index (κ2) is 3.94. The van der Waals surface area contributed by atoms with Crippen molar-refractivity contribution < 1.29 is 13.6 Å². The van der Waals surface area contributed by atoms with Gasteiger partial charge in [-0.25, -0.2) is 8.78 Å². The van der Waals surface area contributed by atoms with E-state index in [0.29, 0.717) is 13.1 Å². The van der Waals surface area contributed by atoms with Gasteiger partial charge < -0.3 is 10.6 Å². The molecule has 0 unspecified atom stereocenters. The second-order valence-corrected chi connectivity index (χ2v) is 3.34. The van der Waals surface area contributed by atoms with E-state index < -0.39 is 17.7 Å². The average Bonchev–Trinajstić information content (AvgIpc) is 2.20. The van der Waals surface area contributed by atoms with Crippen molar-refractivity contribution in [3.05, 3.63) is 35.4 Å². The number of nitrogens with one attached hydrogen (secondary N) is 2. The molecule has 1 aliphatic rings. The van der Waals surface area contributed by atoms with E-state index >= 15 is 0 Å². The van der Waals surface area contributed by atoms with E-state index in [9.17, 15) is 13.6 Å². The first-order valence-electron chi connectivity index (χ1n) is 4.64. The number of amides is 1. The molecule has 80 valence electrons. The predicted molar refractivity (Wildman–Crippen MR) is 50.1 cm³/mol. The van der Waals surface area contributed by atoms with E-state index in [0.717, 1.165) is 12.1 Å². The maximum atomic E-state index is 13.3. The molecule has 15 heavy (non-hydrogen) atoms. The minimum atomic E-state index is -0.723. The molecule has 0 spiro atoms. The van der Waals surface area contributed by atoms with Crippen LogP contribution in [0.2, 0.25) is 0 Å². The molecule has 2 N–H and O–H groups in total. The molecule has 1 amide bonds. The van der Waals surface area contributed by atoms with Crippen LogP contribution in [0.3, 0.4) is 0 Å². The summed E-state index contributed by atoms with van der Waals surface area (Å²) in [7, 11) is 0. The van der Waals surface area contributed by atoms with Crippen LogP contribution in [0.15, 0.2) is 18.2 Å². The van der Waals surface area contributed by atoms with Crippen molar-refractivity contribution in [2.45, 2.75) is 6.04 Å². The number of hydrogen-bond donors (Lipinski definition) is 2. The SMILES string of the molecule is O=C1NCCN[C@@H]1c1ccc(F)cc1F. The van der Waals surface area contributed by atoms with Gasteiger partial charge in [0.2, 0.25) is 5.91 Å². The van der Waals surface area contributed by atoms with Crippen molar-refractivity contribution in [2.24, 2.45) is 0 Å². The number of hydrogen-bond acceptors (Lipinski definition) is 2. The van der Waals surface area contributed by atoms with Crippen molar-refractivity contribution in [1.82, 2.24) is 10.6 Å². The second-order valence-electron chi connectivity index (χ2n) is 3.34. The summed E-state index contributed by atoms with van der Waals surface area (Å²) in [5, 5.41) is 5.48. The molecule has 1 atom stereocenters. The normalized spacial score (nSPS) is 21.2. The standard InChI is InChI=1S/C10H10F2N2O/c11-6-1-2-7(8(12)5-6)9-10(15)14-4-3-13-9/h1-2,5,9,13H,3-4H2,(H,14,15)/t9-/m1/s1. The number of piperazine rings is 1. The smallest absolute Gasteiger partial charge is 0.241 e. The summed E-state index contributed by atoms with van der Waals surface area (Å²) in [4.78, 5) is 11.4. The van der Waals surface area contributed by atoms with Gasteiger partial charge in [0.25, 0.3) is 0 Å². The summed E-state index contributed by atoms with van der Waals surface area (Å²) in [6.07, 6.45) is 0. The summed E-state index contributed by atoms with van der Waals surface area (Å²) >= 11 is 0. The zero-order chi connectivity index (χ0) is 10.8. The Morgan fingerprint density at radius 2 is 2.07 bits per heavy atom. The number of carbonyl (C=O) groups excluding carboxylic acids is 1. The third-order valence-electron chi connectivity index (χ3n) is 2.31. The van der Waals surface area contributed by atoms with Gasteiger partial charge in [0.15, 0.2) is 0 Å². The van der Waals surface area contributed by atoms with E-state index in [2.05, 4.69) is 10.6 Å². The highest BCUT2D eigenvalue weighted by Crippen LogP contribution is 2.19. The van der Waals surface area contributed by atoms with Gasteiger partial charge in [-0.2, -0.15) is 0 Å². The van der Waals surface area contributed by atoms with Crippen LogP contribution in [-0.4, -0.2) is 19.0 Å². The van der Waals surface area contributed by atoms with E-state index in [1.807, 2.05) is 0 Å². The Labute approximate surface area is 85.5 Å². The topological polar surface area (TPSA) is 41.1 Å². The van der Waals surface area contributed by atoms with Gasteiger partial charge in [-0.05, 0) is 6.07 Å². The Kier molecular flexibility index (Phi) is 2.64. The van der Waals surface area contributed by atoms with E-state index in [4.69, 9.17) is 0 Å². The molecular weight excluding hydrogens is 202 g/mol. The summed E-state index contributed by atoms with van der Waals surface area (Å²) in [6, 6.07) is 2.48. The third-order valence-corrected chi connectivity index (χ3v) is 2.31. The fourth-order valence-corrected chi connectivity index (χ4v) is 1.58. The zero-order valence-electron chi connectivity index (χ0n) is 7.89. The molecule has 0 saturated carbocycles. The molecule has 1 aliphatic heterocycles. The maximum Gasteiger partial charge on any atom is 0.241 e. The molecule has 1 heterocycles. The van der Waals surface area contributed by atoms with Crippen molar-refractivity contribution >= 4 is 5.91 Å². The lowest BCUT2D eigenvalue weighted by Gasteiger charge is -2.23. The van der Waals surface area contributed by atoms with Crippen molar-refractivity contribution in [3.8, 4) is 0 Å². The van der Waals surface area contributed by atoms with Crippen molar-refractivity contribution in [3.63, 3.8) is 0 Å². The molecule has 1 aromatic rings. The van der Waals surface area contributed by atoms with Gasteiger partial charge in [0.05, 0.1) is 0 Å². The minimum absolute atomic E-state index is 0.175. The zero-order valence-corrected chi connectivity index (χ0v) is 7.89. The lowest BCUT2D eigenvalue weighted by atomic mass is 10.0. The molecule has 3 nitrogen and oxygen atoms in total. The van der Waals surface area contributed by atoms with Crippen molar-refractivity contribution in [1.29, 1.82) is 0 Å². The monoisotopic (exact) mass is 212 g/mol. The van der Waals surface area contributed by atoms with Gasteiger partial charge in [0, 0.05) is 24.7 Å². The molecule has 1 aromatic carbocycles. The first-order valence-corrected chi connectivity index (χ1v) is 4.64. The van der Waals surface area contributed by atoms with E-state index in [-0.39, 0.29) is 11.5 Å². The van der Waals surface area contributed by atoms with Crippen LogP contribution in [0.25, 0.3) is 0 Å². The first kappa shape index (κ1) is 10.0. The third kappa shape index (κ3) is 1.97. The molecule has 0 radical (unpaired) electrons. The molecule has 0 aromatic heterocycles. The minimum Gasteiger partial charge on any atom is -0.353 e. The number of rotatable bonds is 1. The summed E-state index contributed by atoms with van der Waals surface area (Å²) in [6.45, 7) is 1.10. The van der Waals surface area contributed by atoms with Crippen LogP contribution in [-0.2, 0) is 4.79 Å². The summed E-state index contributed by atoms with van der Waals surface area (Å²) in [5.74, 6) is -1.64. The van der Waals surface area contributed by atoms with Gasteiger partial charge in [-0.15, -0.1) is 0 Å². The Balaban J connectivity index is 2.31. The Bertz CT molecular complexity index is 395. The average molecular weight is 212 g/mol. The van der Waals surface area contributed by atoms with Crippen LogP contribution in [0.5, 0.6) is 0 Å². The fourth-order valence-electron chi connectivity index (χ4n) is 1.58. The van der Waals surface area contributed by atoms with Crippen molar-refractivity contribution in [2.75, 3.05) is 13.1 Å². The van der Waals surface area contributed by atoms with Crippen LogP contribution >= 0.6 is 0 Å².